The van der Waals surface area contributed by atoms with Gasteiger partial charge < -0.3 is 10.1 Å². The van der Waals surface area contributed by atoms with Crippen LogP contribution >= 0.6 is 11.3 Å². The molecule has 0 amide bonds. The summed E-state index contributed by atoms with van der Waals surface area (Å²) in [5.74, 6) is 0.902. The number of aromatic nitrogens is 1. The predicted octanol–water partition coefficient (Wildman–Crippen LogP) is 2.44. The van der Waals surface area contributed by atoms with Crippen LogP contribution in [0.25, 0.3) is 0 Å². The number of nitrogens with one attached hydrogen (secondary N) is 1. The van der Waals surface area contributed by atoms with Crippen LogP contribution in [0.1, 0.15) is 15.4 Å². The lowest BCUT2D eigenvalue weighted by atomic mass is 10.2. The molecule has 2 heterocycles. The fourth-order valence-electron chi connectivity index (χ4n) is 2.36. The van der Waals surface area contributed by atoms with Crippen molar-refractivity contribution < 1.29 is 4.74 Å². The van der Waals surface area contributed by atoms with Crippen molar-refractivity contribution in [2.75, 3.05) is 26.2 Å². The normalized spacial score (nSPS) is 16.0. The van der Waals surface area contributed by atoms with Crippen LogP contribution < -0.4 is 10.1 Å². The summed E-state index contributed by atoms with van der Waals surface area (Å²) in [6.07, 6.45) is 1.99. The molecule has 1 aromatic carbocycles. The van der Waals surface area contributed by atoms with Gasteiger partial charge in [-0.2, -0.15) is 0 Å². The summed E-state index contributed by atoms with van der Waals surface area (Å²) in [7, 11) is 0. The first-order valence-electron chi connectivity index (χ1n) is 7.36. The Morgan fingerprint density at radius 3 is 2.76 bits per heavy atom. The van der Waals surface area contributed by atoms with Gasteiger partial charge in [0.25, 0.3) is 0 Å². The molecule has 0 atom stereocenters. The van der Waals surface area contributed by atoms with E-state index in [0.29, 0.717) is 6.61 Å². The van der Waals surface area contributed by atoms with Crippen LogP contribution in [0, 0.1) is 6.92 Å². The van der Waals surface area contributed by atoms with Gasteiger partial charge in [0, 0.05) is 43.8 Å². The van der Waals surface area contributed by atoms with Crippen molar-refractivity contribution in [3.05, 3.63) is 45.9 Å². The molecule has 1 saturated heterocycles. The van der Waals surface area contributed by atoms with Gasteiger partial charge in [-0.15, -0.1) is 11.3 Å². The van der Waals surface area contributed by atoms with Crippen LogP contribution in [0.15, 0.2) is 30.5 Å². The lowest BCUT2D eigenvalue weighted by Gasteiger charge is -2.26. The number of hydrogen-bond donors (Lipinski definition) is 1. The first-order chi connectivity index (χ1) is 10.3. The predicted molar refractivity (Wildman–Crippen MR) is 85.8 cm³/mol. The first kappa shape index (κ1) is 14.5. The van der Waals surface area contributed by atoms with Crippen LogP contribution in [0.4, 0.5) is 0 Å². The third-order valence-electron chi connectivity index (χ3n) is 3.57. The molecule has 2 aromatic rings. The maximum absolute atomic E-state index is 5.77. The zero-order valence-corrected chi connectivity index (χ0v) is 13.2. The van der Waals surface area contributed by atoms with E-state index in [4.69, 9.17) is 4.74 Å². The van der Waals surface area contributed by atoms with Crippen molar-refractivity contribution in [1.82, 2.24) is 15.2 Å². The highest BCUT2D eigenvalue weighted by Crippen LogP contribution is 2.18. The summed E-state index contributed by atoms with van der Waals surface area (Å²) in [5, 5.41) is 4.42. The van der Waals surface area contributed by atoms with Gasteiger partial charge in [0.1, 0.15) is 17.4 Å². The van der Waals surface area contributed by atoms with E-state index in [1.54, 1.807) is 11.3 Å². The molecule has 3 rings (SSSR count). The van der Waals surface area contributed by atoms with E-state index < -0.39 is 0 Å². The summed E-state index contributed by atoms with van der Waals surface area (Å²) in [6, 6.07) is 8.13. The standard InChI is InChI=1S/C16H21N3OS/c1-13-2-4-14(5-3-13)20-12-16-18-10-15(21-16)11-19-8-6-17-7-9-19/h2-5,10,17H,6-9,11-12H2,1H3. The molecule has 1 aliphatic rings. The first-order valence-corrected chi connectivity index (χ1v) is 8.17. The molecule has 0 saturated carbocycles. The van der Waals surface area contributed by atoms with Gasteiger partial charge in [-0.3, -0.25) is 4.90 Å². The van der Waals surface area contributed by atoms with Gasteiger partial charge in [-0.05, 0) is 19.1 Å². The van der Waals surface area contributed by atoms with E-state index >= 15 is 0 Å². The van der Waals surface area contributed by atoms with Gasteiger partial charge in [0.05, 0.1) is 0 Å². The second-order valence-electron chi connectivity index (χ2n) is 5.35. The number of benzene rings is 1. The Hall–Kier alpha value is -1.43. The summed E-state index contributed by atoms with van der Waals surface area (Å²) in [4.78, 5) is 8.25. The number of thiazole rings is 1. The van der Waals surface area contributed by atoms with Gasteiger partial charge in [-0.25, -0.2) is 4.98 Å². The Labute approximate surface area is 129 Å². The lowest BCUT2D eigenvalue weighted by molar-refractivity contribution is 0.235. The molecular formula is C16H21N3OS. The van der Waals surface area contributed by atoms with Crippen molar-refractivity contribution in [2.24, 2.45) is 0 Å². The monoisotopic (exact) mass is 303 g/mol. The zero-order valence-electron chi connectivity index (χ0n) is 12.3. The summed E-state index contributed by atoms with van der Waals surface area (Å²) >= 11 is 1.75. The highest BCUT2D eigenvalue weighted by molar-refractivity contribution is 7.11. The molecule has 21 heavy (non-hydrogen) atoms. The van der Waals surface area contributed by atoms with E-state index in [-0.39, 0.29) is 0 Å². The molecule has 0 radical (unpaired) electrons. The highest BCUT2D eigenvalue weighted by atomic mass is 32.1. The molecule has 1 N–H and O–H groups in total. The number of ether oxygens (including phenoxy) is 1. The molecule has 1 aliphatic heterocycles. The van der Waals surface area contributed by atoms with E-state index in [2.05, 4.69) is 34.3 Å². The number of hydrogen-bond acceptors (Lipinski definition) is 5. The largest absolute Gasteiger partial charge is 0.486 e. The smallest absolute Gasteiger partial charge is 0.140 e. The summed E-state index contributed by atoms with van der Waals surface area (Å²) in [5.41, 5.74) is 1.25. The topological polar surface area (TPSA) is 37.4 Å². The second kappa shape index (κ2) is 7.02. The van der Waals surface area contributed by atoms with Crippen molar-refractivity contribution >= 4 is 11.3 Å². The molecule has 0 bridgehead atoms. The quantitative estimate of drug-likeness (QED) is 0.920. The van der Waals surface area contributed by atoms with Crippen LogP contribution in [0.5, 0.6) is 5.75 Å². The summed E-state index contributed by atoms with van der Waals surface area (Å²) < 4.78 is 5.77. The van der Waals surface area contributed by atoms with Crippen molar-refractivity contribution in [3.8, 4) is 5.75 Å². The van der Waals surface area contributed by atoms with Crippen LogP contribution in [0.2, 0.25) is 0 Å². The van der Waals surface area contributed by atoms with Gasteiger partial charge in [-0.1, -0.05) is 17.7 Å². The minimum absolute atomic E-state index is 0.551. The van der Waals surface area contributed by atoms with Crippen molar-refractivity contribution in [1.29, 1.82) is 0 Å². The third kappa shape index (κ3) is 4.27. The maximum atomic E-state index is 5.77. The van der Waals surface area contributed by atoms with Crippen molar-refractivity contribution in [2.45, 2.75) is 20.1 Å². The molecule has 0 aliphatic carbocycles. The minimum atomic E-state index is 0.551. The summed E-state index contributed by atoms with van der Waals surface area (Å²) in [6.45, 7) is 8.04. The third-order valence-corrected chi connectivity index (χ3v) is 4.53. The molecule has 1 aromatic heterocycles. The fourth-order valence-corrected chi connectivity index (χ4v) is 3.24. The van der Waals surface area contributed by atoms with Crippen LogP contribution in [0.3, 0.4) is 0 Å². The molecular weight excluding hydrogens is 282 g/mol. The van der Waals surface area contributed by atoms with E-state index in [1.807, 2.05) is 18.3 Å². The van der Waals surface area contributed by atoms with Gasteiger partial charge in [0.15, 0.2) is 0 Å². The Balaban J connectivity index is 1.51. The average Bonchev–Trinajstić information content (AvgIpc) is 2.95. The molecule has 5 heteroatoms. The van der Waals surface area contributed by atoms with Crippen LogP contribution in [-0.4, -0.2) is 36.1 Å². The number of nitrogens with zero attached hydrogens (tertiary/aromatic N) is 2. The van der Waals surface area contributed by atoms with Crippen molar-refractivity contribution in [3.63, 3.8) is 0 Å². The maximum Gasteiger partial charge on any atom is 0.140 e. The van der Waals surface area contributed by atoms with E-state index in [0.717, 1.165) is 43.5 Å². The lowest BCUT2D eigenvalue weighted by Crippen LogP contribution is -2.42. The molecule has 112 valence electrons. The Morgan fingerprint density at radius 1 is 1.24 bits per heavy atom. The minimum Gasteiger partial charge on any atom is -0.486 e. The highest BCUT2D eigenvalue weighted by Gasteiger charge is 2.12. The second-order valence-corrected chi connectivity index (χ2v) is 6.55. The zero-order chi connectivity index (χ0) is 14.5. The molecule has 4 nitrogen and oxygen atoms in total. The molecule has 0 spiro atoms. The molecule has 1 fully saturated rings. The van der Waals surface area contributed by atoms with Crippen LogP contribution in [-0.2, 0) is 13.2 Å². The number of rotatable bonds is 5. The van der Waals surface area contributed by atoms with E-state index in [9.17, 15) is 0 Å². The molecule has 0 unspecified atom stereocenters. The van der Waals surface area contributed by atoms with E-state index in [1.165, 1.54) is 10.4 Å². The SMILES string of the molecule is Cc1ccc(OCc2ncc(CN3CCNCC3)s2)cc1. The Bertz CT molecular complexity index is 561. The van der Waals surface area contributed by atoms with Gasteiger partial charge >= 0.3 is 0 Å². The van der Waals surface area contributed by atoms with Gasteiger partial charge in [0.2, 0.25) is 0 Å². The Kier molecular flexibility index (Phi) is 4.85. The Morgan fingerprint density at radius 2 is 2.00 bits per heavy atom. The average molecular weight is 303 g/mol. The fraction of sp³-hybridized carbons (Fsp3) is 0.438. The number of aryl methyl sites for hydroxylation is 1. The number of piperazine rings is 1.